The van der Waals surface area contributed by atoms with E-state index in [4.69, 9.17) is 14.5 Å². The van der Waals surface area contributed by atoms with Gasteiger partial charge in [-0.1, -0.05) is 14.9 Å². The number of fused-ring (bicyclic) bond motifs is 1. The van der Waals surface area contributed by atoms with E-state index in [0.717, 1.165) is 23.7 Å². The Labute approximate surface area is 249 Å². The molecule has 1 fully saturated rings. The number of nitrogens with one attached hydrogen (secondary N) is 1. The molecular weight excluding hydrogens is 565 g/mol. The number of aryl methyl sites for hydroxylation is 1. The average Bonchev–Trinajstić information content (AvgIpc) is 2.71. The monoisotopic (exact) mass is 608 g/mol. The molecule has 3 heterocycles. The Balaban J connectivity index is 0.00000380. The summed E-state index contributed by atoms with van der Waals surface area (Å²) in [7, 11) is 1.85. The van der Waals surface area contributed by atoms with Crippen molar-refractivity contribution in [2.45, 2.75) is 105 Å². The molecule has 0 amide bonds. The quantitative estimate of drug-likeness (QED) is 0.471. The molecule has 228 valence electrons. The summed E-state index contributed by atoms with van der Waals surface area (Å²) in [5.41, 5.74) is 1.16. The number of Topliss-reactive ketones (excluding diaryl/α,β-unsaturated/α-hetero) is 1. The van der Waals surface area contributed by atoms with Gasteiger partial charge in [-0.15, -0.1) is 0 Å². The first kappa shape index (κ1) is 37.7. The fourth-order valence-electron chi connectivity index (χ4n) is 4.65. The Hall–Kier alpha value is -2.32. The van der Waals surface area contributed by atoms with E-state index in [1.807, 2.05) is 46.6 Å². The molecule has 1 aliphatic heterocycles. The number of rotatable bonds is 6. The fraction of sp³-hybridized carbons (Fsp3) is 0.654. The number of ether oxygens (including phenoxy) is 2. The molecule has 14 heteroatoms. The number of carbonyl (C=O) groups excluding carboxylic acids is 1. The van der Waals surface area contributed by atoms with Gasteiger partial charge in [0, 0.05) is 43.6 Å². The maximum atomic E-state index is 12.9. The normalized spacial score (nSPS) is 20.8. The third kappa shape index (κ3) is 8.59. The molecule has 1 aliphatic carbocycles. The van der Waals surface area contributed by atoms with Crippen molar-refractivity contribution in [3.05, 3.63) is 29.5 Å². The molecule has 2 aromatic heterocycles. The highest BCUT2D eigenvalue weighted by Crippen LogP contribution is 2.33. The van der Waals surface area contributed by atoms with Gasteiger partial charge >= 0.3 is 6.18 Å². The summed E-state index contributed by atoms with van der Waals surface area (Å²) in [5.74, 6) is 0.220. The highest BCUT2D eigenvalue weighted by atomic mass is 32.1. The van der Waals surface area contributed by atoms with E-state index in [0.29, 0.717) is 24.6 Å². The van der Waals surface area contributed by atoms with Crippen LogP contribution >= 0.6 is 27.0 Å². The van der Waals surface area contributed by atoms with Crippen LogP contribution in [-0.2, 0) is 22.1 Å². The van der Waals surface area contributed by atoms with Crippen LogP contribution in [0.3, 0.4) is 0 Å². The van der Waals surface area contributed by atoms with Gasteiger partial charge < -0.3 is 19.7 Å². The van der Waals surface area contributed by atoms with E-state index in [1.165, 1.54) is 0 Å². The first-order valence-electron chi connectivity index (χ1n) is 11.8. The number of hydrogen-bond donors (Lipinski definition) is 1. The lowest BCUT2D eigenvalue weighted by Crippen LogP contribution is -2.53. The first-order valence-corrected chi connectivity index (χ1v) is 11.8. The molecule has 2 aromatic rings. The summed E-state index contributed by atoms with van der Waals surface area (Å²) in [6, 6.07) is -0.413. The second kappa shape index (κ2) is 14.0. The molecule has 1 saturated carbocycles. The second-order valence-corrected chi connectivity index (χ2v) is 10.4. The topological polar surface area (TPSA) is 102 Å². The van der Waals surface area contributed by atoms with Gasteiger partial charge in [-0.25, -0.2) is 15.0 Å². The zero-order valence-corrected chi connectivity index (χ0v) is 24.2. The summed E-state index contributed by atoms with van der Waals surface area (Å²) >= 11 is 0. The van der Waals surface area contributed by atoms with Crippen molar-refractivity contribution in [2.24, 2.45) is 0 Å². The van der Waals surface area contributed by atoms with Crippen LogP contribution in [0.2, 0.25) is 0 Å². The van der Waals surface area contributed by atoms with Crippen LogP contribution in [0.1, 0.15) is 72.5 Å². The Morgan fingerprint density at radius 1 is 1.07 bits per heavy atom. The number of anilines is 2. The molecule has 40 heavy (non-hydrogen) atoms. The van der Waals surface area contributed by atoms with Crippen molar-refractivity contribution in [3.63, 3.8) is 0 Å². The van der Waals surface area contributed by atoms with Crippen LogP contribution in [0.25, 0.3) is 0 Å². The molecule has 1 N–H and O–H groups in total. The number of ketones is 1. The molecule has 0 saturated heterocycles. The molecule has 2 aliphatic rings. The predicted molar refractivity (Wildman–Crippen MR) is 160 cm³/mol. The Morgan fingerprint density at radius 3 is 2.17 bits per heavy atom. The number of halogens is 3. The van der Waals surface area contributed by atoms with E-state index in [-0.39, 0.29) is 83.6 Å². The van der Waals surface area contributed by atoms with Crippen LogP contribution in [-0.4, -0.2) is 62.7 Å². The van der Waals surface area contributed by atoms with Crippen LogP contribution in [0, 0.1) is 6.92 Å². The Morgan fingerprint density at radius 2 is 1.65 bits per heavy atom. The Kier molecular flexibility index (Phi) is 13.2. The van der Waals surface area contributed by atoms with Gasteiger partial charge in [0.05, 0.1) is 24.1 Å². The summed E-state index contributed by atoms with van der Waals surface area (Å²) in [4.78, 5) is 30.7. The van der Waals surface area contributed by atoms with E-state index in [1.54, 1.807) is 0 Å². The zero-order valence-electron chi connectivity index (χ0n) is 22.2. The molecule has 0 radical (unpaired) electrons. The lowest BCUT2D eigenvalue weighted by molar-refractivity contribution is -0.145. The lowest BCUT2D eigenvalue weighted by Gasteiger charge is -2.40. The molecule has 2 atom stereocenters. The molecule has 0 aromatic carbocycles. The number of aromatic nitrogens is 4. The zero-order chi connectivity index (χ0) is 26.4. The largest absolute Gasteiger partial charge is 0.487 e. The van der Waals surface area contributed by atoms with Gasteiger partial charge in [-0.3, -0.25) is 4.79 Å². The summed E-state index contributed by atoms with van der Waals surface area (Å²) < 4.78 is 49.6. The van der Waals surface area contributed by atoms with Crippen molar-refractivity contribution in [1.29, 1.82) is 0 Å². The number of alkyl halides is 3. The number of nitrogens with zero attached hydrogens (tertiary/aromatic N) is 5. The molecule has 9 nitrogen and oxygen atoms in total. The van der Waals surface area contributed by atoms with Crippen molar-refractivity contribution < 1.29 is 27.4 Å². The SMILES string of the molecule is C.C.Cc1nc(NC2CC(Oc3cnc(C(F)(F)F)nc3)C2)nc2c1CC(=O)[C@H]([C@H](C)OC(C)(C)C)N2C.S.S. The third-order valence-electron chi connectivity index (χ3n) is 6.22. The minimum atomic E-state index is -4.59. The average molecular weight is 609 g/mol. The van der Waals surface area contributed by atoms with Gasteiger partial charge in [-0.05, 0) is 34.6 Å². The predicted octanol–water partition coefficient (Wildman–Crippen LogP) is 5.25. The van der Waals surface area contributed by atoms with Crippen molar-refractivity contribution in [3.8, 4) is 5.75 Å². The molecular formula is C26H43F3N6O3S2. The maximum Gasteiger partial charge on any atom is 0.451 e. The minimum absolute atomic E-state index is 0. The second-order valence-electron chi connectivity index (χ2n) is 10.4. The smallest absolute Gasteiger partial charge is 0.451 e. The van der Waals surface area contributed by atoms with Crippen LogP contribution in [0.4, 0.5) is 24.9 Å². The van der Waals surface area contributed by atoms with Gasteiger partial charge in [-0.2, -0.15) is 45.1 Å². The van der Waals surface area contributed by atoms with Gasteiger partial charge in [0.25, 0.3) is 0 Å². The molecule has 0 spiro atoms. The van der Waals surface area contributed by atoms with Gasteiger partial charge in [0.1, 0.15) is 18.0 Å². The van der Waals surface area contributed by atoms with Gasteiger partial charge in [0.2, 0.25) is 11.8 Å². The highest BCUT2D eigenvalue weighted by Gasteiger charge is 2.39. The van der Waals surface area contributed by atoms with Crippen molar-refractivity contribution >= 4 is 44.5 Å². The minimum Gasteiger partial charge on any atom is -0.487 e. The van der Waals surface area contributed by atoms with Crippen molar-refractivity contribution in [1.82, 2.24) is 19.9 Å². The molecule has 4 rings (SSSR count). The summed E-state index contributed by atoms with van der Waals surface area (Å²) in [5, 5.41) is 3.30. The van der Waals surface area contributed by atoms with Crippen LogP contribution < -0.4 is 15.0 Å². The van der Waals surface area contributed by atoms with E-state index in [9.17, 15) is 18.0 Å². The fourth-order valence-corrected chi connectivity index (χ4v) is 4.65. The van der Waals surface area contributed by atoms with Crippen LogP contribution in [0.5, 0.6) is 5.75 Å². The highest BCUT2D eigenvalue weighted by molar-refractivity contribution is 7.59. The lowest BCUT2D eigenvalue weighted by atomic mass is 9.89. The standard InChI is InChI=1S/C24H31F3N6O3.2CH4.2H2S/c1-12-17-9-18(34)19(13(2)36-23(3,4)5)33(6)20(17)32-22(30-12)31-14-7-15(8-14)35-16-10-28-21(29-11-16)24(25,26)27;;;;/h10-11,13-15,19H,7-9H2,1-6H3,(H,30,31,32);2*1H4;2*1H2/t13-,14?,15?,19-;;;;/m0..../s1. The Bertz CT molecular complexity index is 1130. The number of hydrogen-bond acceptors (Lipinski definition) is 9. The number of carbonyl (C=O) groups is 1. The summed E-state index contributed by atoms with van der Waals surface area (Å²) in [6.45, 7) is 9.64. The van der Waals surface area contributed by atoms with Crippen LogP contribution in [0.15, 0.2) is 12.4 Å². The van der Waals surface area contributed by atoms with Crippen molar-refractivity contribution in [2.75, 3.05) is 17.3 Å². The first-order chi connectivity index (χ1) is 16.7. The summed E-state index contributed by atoms with van der Waals surface area (Å²) in [6.07, 6.45) is -1.53. The molecule has 0 unspecified atom stereocenters. The third-order valence-corrected chi connectivity index (χ3v) is 6.22. The molecule has 0 bridgehead atoms. The van der Waals surface area contributed by atoms with Gasteiger partial charge in [0.15, 0.2) is 11.5 Å². The maximum absolute atomic E-state index is 12.9. The van der Waals surface area contributed by atoms with E-state index in [2.05, 4.69) is 20.3 Å². The van der Waals surface area contributed by atoms with E-state index >= 15 is 0 Å². The van der Waals surface area contributed by atoms with E-state index < -0.39 is 18.0 Å². The number of likely N-dealkylation sites (N-methyl/N-ethyl adjacent to an activating group) is 1.